The van der Waals surface area contributed by atoms with E-state index in [9.17, 15) is 13.2 Å². The lowest BCUT2D eigenvalue weighted by molar-refractivity contribution is 0.146. The Morgan fingerprint density at radius 1 is 1.03 bits per heavy atom. The number of alkyl halides is 2. The molecule has 2 aromatic carbocycles. The van der Waals surface area contributed by atoms with Crippen molar-refractivity contribution in [2.24, 2.45) is 5.41 Å². The molecule has 1 saturated carbocycles. The van der Waals surface area contributed by atoms with E-state index in [-0.39, 0.29) is 11.0 Å². The first-order valence-electron chi connectivity index (χ1n) is 10.3. The van der Waals surface area contributed by atoms with Crippen LogP contribution in [-0.4, -0.2) is 23.2 Å². The maximum atomic E-state index is 14.6. The Morgan fingerprint density at radius 3 is 2.39 bits per heavy atom. The number of rotatable bonds is 4. The summed E-state index contributed by atoms with van der Waals surface area (Å²) in [6.45, 7) is 4.69. The van der Waals surface area contributed by atoms with Crippen LogP contribution in [-0.2, 0) is 0 Å². The summed E-state index contributed by atoms with van der Waals surface area (Å²) >= 11 is 0. The third-order valence-corrected chi connectivity index (χ3v) is 6.01. The topological polar surface area (TPSA) is 56.3 Å². The Morgan fingerprint density at radius 2 is 1.71 bits per heavy atom. The Labute approximate surface area is 177 Å². The van der Waals surface area contributed by atoms with Crippen LogP contribution in [0.5, 0.6) is 11.5 Å². The van der Waals surface area contributed by atoms with Gasteiger partial charge >= 0.3 is 0 Å². The molecule has 1 spiro atoms. The standard InChI is InChI=1S/C23H22F3N3O2/c1-12(14-4-3-5-15(20(14)24)21(25)26)27-22-16-8-18-19(9-17(16)28-13(2)29-22)31-11-23(6-7-23)10-30-18/h3-5,8-9,12,21H,6-7,10-11H2,1-2H3,(H,27,28,29). The van der Waals surface area contributed by atoms with Gasteiger partial charge in [0.25, 0.3) is 6.43 Å². The molecule has 3 aromatic rings. The van der Waals surface area contributed by atoms with Crippen LogP contribution in [0.15, 0.2) is 30.3 Å². The number of aromatic nitrogens is 2. The van der Waals surface area contributed by atoms with Crippen molar-refractivity contribution in [3.8, 4) is 11.5 Å². The van der Waals surface area contributed by atoms with Gasteiger partial charge in [-0.15, -0.1) is 0 Å². The number of hydrogen-bond donors (Lipinski definition) is 1. The SMILES string of the molecule is Cc1nc(NC(C)c2cccc(C(F)F)c2F)c2cc3c(cc2n1)OCC1(CC1)CO3. The van der Waals surface area contributed by atoms with Crippen molar-refractivity contribution in [3.63, 3.8) is 0 Å². The fraction of sp³-hybridized carbons (Fsp3) is 0.391. The van der Waals surface area contributed by atoms with Gasteiger partial charge in [-0.2, -0.15) is 0 Å². The molecule has 0 saturated heterocycles. The Bertz CT molecular complexity index is 1160. The molecule has 1 atom stereocenters. The van der Waals surface area contributed by atoms with Gasteiger partial charge in [-0.25, -0.2) is 23.1 Å². The molecular formula is C23H22F3N3O2. The van der Waals surface area contributed by atoms with E-state index in [4.69, 9.17) is 9.47 Å². The second-order valence-electron chi connectivity index (χ2n) is 8.43. The predicted molar refractivity (Wildman–Crippen MR) is 110 cm³/mol. The van der Waals surface area contributed by atoms with Crippen LogP contribution < -0.4 is 14.8 Å². The molecule has 0 amide bonds. The highest BCUT2D eigenvalue weighted by Gasteiger charge is 2.46. The van der Waals surface area contributed by atoms with Crippen LogP contribution in [0.1, 0.15) is 49.2 Å². The summed E-state index contributed by atoms with van der Waals surface area (Å²) in [6.07, 6.45) is -0.698. The summed E-state index contributed by atoms with van der Waals surface area (Å²) in [4.78, 5) is 8.98. The van der Waals surface area contributed by atoms with Crippen LogP contribution in [0.4, 0.5) is 19.0 Å². The molecule has 5 nitrogen and oxygen atoms in total. The van der Waals surface area contributed by atoms with Crippen LogP contribution in [0, 0.1) is 18.2 Å². The average molecular weight is 429 g/mol. The van der Waals surface area contributed by atoms with Gasteiger partial charge in [0.2, 0.25) is 0 Å². The summed E-state index contributed by atoms with van der Waals surface area (Å²) in [5, 5.41) is 3.86. The molecule has 1 aromatic heterocycles. The van der Waals surface area contributed by atoms with Gasteiger partial charge in [-0.1, -0.05) is 18.2 Å². The van der Waals surface area contributed by atoms with Gasteiger partial charge in [0, 0.05) is 22.4 Å². The van der Waals surface area contributed by atoms with Gasteiger partial charge < -0.3 is 14.8 Å². The monoisotopic (exact) mass is 429 g/mol. The molecule has 1 unspecified atom stereocenters. The number of halogens is 3. The van der Waals surface area contributed by atoms with Gasteiger partial charge in [-0.3, -0.25) is 0 Å². The molecule has 0 radical (unpaired) electrons. The predicted octanol–water partition coefficient (Wildman–Crippen LogP) is 5.74. The van der Waals surface area contributed by atoms with Gasteiger partial charge in [0.15, 0.2) is 11.5 Å². The van der Waals surface area contributed by atoms with Crippen LogP contribution >= 0.6 is 0 Å². The molecule has 1 aliphatic carbocycles. The quantitative estimate of drug-likeness (QED) is 0.573. The van der Waals surface area contributed by atoms with E-state index < -0.39 is 23.8 Å². The lowest BCUT2D eigenvalue weighted by Crippen LogP contribution is -2.17. The number of hydrogen-bond acceptors (Lipinski definition) is 5. The fourth-order valence-electron chi connectivity index (χ4n) is 3.91. The van der Waals surface area contributed by atoms with E-state index in [1.165, 1.54) is 12.1 Å². The van der Waals surface area contributed by atoms with Gasteiger partial charge in [-0.05, 0) is 32.8 Å². The number of benzene rings is 2. The zero-order valence-corrected chi connectivity index (χ0v) is 17.2. The Balaban J connectivity index is 1.51. The molecule has 31 heavy (non-hydrogen) atoms. The van der Waals surface area contributed by atoms with Crippen molar-refractivity contribution in [2.75, 3.05) is 18.5 Å². The van der Waals surface area contributed by atoms with E-state index in [2.05, 4.69) is 15.3 Å². The third-order valence-electron chi connectivity index (χ3n) is 6.01. The van der Waals surface area contributed by atoms with Crippen molar-refractivity contribution >= 4 is 16.7 Å². The van der Waals surface area contributed by atoms with Crippen molar-refractivity contribution in [3.05, 3.63) is 53.1 Å². The Hall–Kier alpha value is -3.03. The van der Waals surface area contributed by atoms with Gasteiger partial charge in [0.05, 0.1) is 30.3 Å². The van der Waals surface area contributed by atoms with Gasteiger partial charge in [0.1, 0.15) is 17.5 Å². The van der Waals surface area contributed by atoms with E-state index in [0.717, 1.165) is 18.9 Å². The lowest BCUT2D eigenvalue weighted by atomic mass is 10.0. The normalized spacial score (nSPS) is 17.6. The minimum Gasteiger partial charge on any atom is -0.489 e. The summed E-state index contributed by atoms with van der Waals surface area (Å²) < 4.78 is 52.8. The lowest BCUT2D eigenvalue weighted by Gasteiger charge is -2.19. The highest BCUT2D eigenvalue weighted by Crippen LogP contribution is 2.49. The first-order chi connectivity index (χ1) is 14.8. The van der Waals surface area contributed by atoms with Crippen molar-refractivity contribution in [1.29, 1.82) is 0 Å². The second kappa shape index (κ2) is 7.28. The van der Waals surface area contributed by atoms with E-state index >= 15 is 0 Å². The minimum atomic E-state index is -2.88. The number of fused-ring (bicyclic) bond motifs is 2. The fourth-order valence-corrected chi connectivity index (χ4v) is 3.91. The van der Waals surface area contributed by atoms with Crippen LogP contribution in [0.25, 0.3) is 10.9 Å². The highest BCUT2D eigenvalue weighted by molar-refractivity contribution is 5.92. The number of nitrogens with one attached hydrogen (secondary N) is 1. The molecule has 2 heterocycles. The number of anilines is 1. The van der Waals surface area contributed by atoms with Crippen LogP contribution in [0.2, 0.25) is 0 Å². The number of aryl methyl sites for hydroxylation is 1. The van der Waals surface area contributed by atoms with Crippen molar-refractivity contribution in [1.82, 2.24) is 9.97 Å². The van der Waals surface area contributed by atoms with E-state index in [1.807, 2.05) is 12.1 Å². The maximum absolute atomic E-state index is 14.6. The molecule has 8 heteroatoms. The minimum absolute atomic E-state index is 0.107. The molecule has 2 aliphatic rings. The van der Waals surface area contributed by atoms with Crippen molar-refractivity contribution in [2.45, 2.75) is 39.2 Å². The smallest absolute Gasteiger partial charge is 0.266 e. The van der Waals surface area contributed by atoms with E-state index in [1.54, 1.807) is 13.8 Å². The molecule has 1 N–H and O–H groups in total. The summed E-state index contributed by atoms with van der Waals surface area (Å²) in [6, 6.07) is 7.08. The molecule has 1 fully saturated rings. The van der Waals surface area contributed by atoms with E-state index in [0.29, 0.717) is 47.3 Å². The zero-order valence-electron chi connectivity index (χ0n) is 17.2. The second-order valence-corrected chi connectivity index (χ2v) is 8.43. The summed E-state index contributed by atoms with van der Waals surface area (Å²) in [5.74, 6) is 1.35. The molecule has 162 valence electrons. The maximum Gasteiger partial charge on any atom is 0.266 e. The Kier molecular flexibility index (Phi) is 4.68. The molecule has 0 bridgehead atoms. The highest BCUT2D eigenvalue weighted by atomic mass is 19.3. The van der Waals surface area contributed by atoms with Crippen LogP contribution in [0.3, 0.4) is 0 Å². The largest absolute Gasteiger partial charge is 0.489 e. The third kappa shape index (κ3) is 3.64. The molecule has 5 rings (SSSR count). The van der Waals surface area contributed by atoms with Crippen molar-refractivity contribution < 1.29 is 22.6 Å². The average Bonchev–Trinajstić information content (AvgIpc) is 3.52. The molecular weight excluding hydrogens is 407 g/mol. The first kappa shape index (κ1) is 19.9. The summed E-state index contributed by atoms with van der Waals surface area (Å²) in [7, 11) is 0. The number of nitrogens with zero attached hydrogens (tertiary/aromatic N) is 2. The summed E-state index contributed by atoms with van der Waals surface area (Å²) in [5.41, 5.74) is 0.306. The zero-order chi connectivity index (χ0) is 21.8. The number of ether oxygens (including phenoxy) is 2. The molecule has 1 aliphatic heterocycles. The first-order valence-corrected chi connectivity index (χ1v) is 10.3.